The van der Waals surface area contributed by atoms with E-state index in [0.29, 0.717) is 19.7 Å². The van der Waals surface area contributed by atoms with Crippen LogP contribution in [-0.2, 0) is 11.3 Å². The van der Waals surface area contributed by atoms with E-state index in [2.05, 4.69) is 4.98 Å². The van der Waals surface area contributed by atoms with E-state index >= 15 is 0 Å². The van der Waals surface area contributed by atoms with Crippen molar-refractivity contribution in [1.29, 1.82) is 0 Å². The lowest BCUT2D eigenvalue weighted by atomic mass is 10.2. The third-order valence-corrected chi connectivity index (χ3v) is 4.08. The van der Waals surface area contributed by atoms with Crippen molar-refractivity contribution in [2.75, 3.05) is 13.1 Å². The highest BCUT2D eigenvalue weighted by atomic mass is 32.1. The van der Waals surface area contributed by atoms with Crippen molar-refractivity contribution in [3.05, 3.63) is 40.5 Å². The van der Waals surface area contributed by atoms with Gasteiger partial charge in [0.2, 0.25) is 0 Å². The molecule has 1 aromatic carbocycles. The quantitative estimate of drug-likeness (QED) is 0.943. The smallest absolute Gasteiger partial charge is 0.407 e. The van der Waals surface area contributed by atoms with Crippen LogP contribution in [-0.4, -0.2) is 40.3 Å². The summed E-state index contributed by atoms with van der Waals surface area (Å²) in [5, 5.41) is 11.4. The van der Waals surface area contributed by atoms with Gasteiger partial charge in [0, 0.05) is 10.9 Å². The van der Waals surface area contributed by atoms with Gasteiger partial charge >= 0.3 is 6.09 Å². The second-order valence-electron chi connectivity index (χ2n) is 4.75. The van der Waals surface area contributed by atoms with Gasteiger partial charge in [0.1, 0.15) is 10.8 Å². The average Bonchev–Trinajstić information content (AvgIpc) is 2.86. The van der Waals surface area contributed by atoms with E-state index in [-0.39, 0.29) is 11.9 Å². The van der Waals surface area contributed by atoms with Crippen molar-refractivity contribution in [3.8, 4) is 11.3 Å². The Hall–Kier alpha value is -1.99. The summed E-state index contributed by atoms with van der Waals surface area (Å²) in [5.74, 6) is -0.273. The minimum atomic E-state index is -0.914. The number of amides is 1. The van der Waals surface area contributed by atoms with Crippen LogP contribution in [0.5, 0.6) is 0 Å². The van der Waals surface area contributed by atoms with Gasteiger partial charge in [0.05, 0.1) is 31.5 Å². The van der Waals surface area contributed by atoms with Gasteiger partial charge in [-0.1, -0.05) is 0 Å². The minimum absolute atomic E-state index is 0.0562. The highest BCUT2D eigenvalue weighted by Gasteiger charge is 2.31. The highest BCUT2D eigenvalue weighted by Crippen LogP contribution is 2.23. The van der Waals surface area contributed by atoms with Gasteiger partial charge in [0.15, 0.2) is 0 Å². The summed E-state index contributed by atoms with van der Waals surface area (Å²) < 4.78 is 18.5. The number of aromatic nitrogens is 1. The van der Waals surface area contributed by atoms with Crippen molar-refractivity contribution in [2.24, 2.45) is 0 Å². The Morgan fingerprint density at radius 2 is 2.14 bits per heavy atom. The first-order valence-corrected chi connectivity index (χ1v) is 7.29. The Kier molecular flexibility index (Phi) is 3.85. The van der Waals surface area contributed by atoms with Crippen molar-refractivity contribution in [3.63, 3.8) is 0 Å². The lowest BCUT2D eigenvalue weighted by Crippen LogP contribution is -2.54. The zero-order valence-corrected chi connectivity index (χ0v) is 11.8. The molecule has 110 valence electrons. The molecular formula is C14H13FN2O3S. The maximum atomic E-state index is 12.9. The number of likely N-dealkylation sites (tertiary alicyclic amines) is 1. The molecule has 0 saturated carbocycles. The summed E-state index contributed by atoms with van der Waals surface area (Å²) in [6.07, 6.45) is -0.970. The van der Waals surface area contributed by atoms with Gasteiger partial charge in [-0.25, -0.2) is 14.2 Å². The van der Waals surface area contributed by atoms with E-state index in [9.17, 15) is 9.18 Å². The fraction of sp³-hybridized carbons (Fsp3) is 0.286. The molecule has 3 rings (SSSR count). The molecule has 1 amide bonds. The number of hydrogen-bond acceptors (Lipinski definition) is 4. The average molecular weight is 308 g/mol. The van der Waals surface area contributed by atoms with Crippen LogP contribution in [0.2, 0.25) is 0 Å². The van der Waals surface area contributed by atoms with Gasteiger partial charge in [-0.3, -0.25) is 0 Å². The molecule has 0 spiro atoms. The Morgan fingerprint density at radius 3 is 2.81 bits per heavy atom. The summed E-state index contributed by atoms with van der Waals surface area (Å²) in [5.41, 5.74) is 1.65. The molecule has 0 bridgehead atoms. The number of rotatable bonds is 4. The molecule has 7 heteroatoms. The fourth-order valence-electron chi connectivity index (χ4n) is 2.02. The maximum Gasteiger partial charge on any atom is 0.407 e. The zero-order valence-electron chi connectivity index (χ0n) is 11.0. The number of halogens is 1. The van der Waals surface area contributed by atoms with Crippen LogP contribution in [0.4, 0.5) is 9.18 Å². The normalized spacial score (nSPS) is 15.0. The molecule has 2 heterocycles. The van der Waals surface area contributed by atoms with E-state index in [4.69, 9.17) is 9.84 Å². The molecule has 0 unspecified atom stereocenters. The van der Waals surface area contributed by atoms with Gasteiger partial charge in [0.25, 0.3) is 0 Å². The topological polar surface area (TPSA) is 62.7 Å². The molecule has 1 N–H and O–H groups in total. The van der Waals surface area contributed by atoms with Gasteiger partial charge in [-0.2, -0.15) is 0 Å². The lowest BCUT2D eigenvalue weighted by Gasteiger charge is -2.36. The maximum absolute atomic E-state index is 12.9. The first-order valence-electron chi connectivity index (χ1n) is 6.41. The molecule has 5 nitrogen and oxygen atoms in total. The first-order chi connectivity index (χ1) is 10.1. The van der Waals surface area contributed by atoms with Crippen molar-refractivity contribution in [1.82, 2.24) is 9.88 Å². The number of ether oxygens (including phenoxy) is 1. The second kappa shape index (κ2) is 5.79. The van der Waals surface area contributed by atoms with Gasteiger partial charge < -0.3 is 14.7 Å². The number of carboxylic acid groups (broad SMARTS) is 1. The summed E-state index contributed by atoms with van der Waals surface area (Å²) in [4.78, 5) is 16.4. The van der Waals surface area contributed by atoms with Crippen LogP contribution in [0.1, 0.15) is 5.01 Å². The molecule has 1 aliphatic heterocycles. The van der Waals surface area contributed by atoms with E-state index < -0.39 is 6.09 Å². The largest absolute Gasteiger partial charge is 0.465 e. The molecule has 1 fully saturated rings. The van der Waals surface area contributed by atoms with Gasteiger partial charge in [-0.05, 0) is 24.3 Å². The summed E-state index contributed by atoms with van der Waals surface area (Å²) in [7, 11) is 0. The summed E-state index contributed by atoms with van der Waals surface area (Å²) in [6.45, 7) is 1.18. The molecule has 21 heavy (non-hydrogen) atoms. The van der Waals surface area contributed by atoms with Crippen LogP contribution in [0, 0.1) is 5.82 Å². The van der Waals surface area contributed by atoms with E-state index in [0.717, 1.165) is 16.3 Å². The SMILES string of the molecule is O=C(O)N1CC(OCc2nc(-c3ccc(F)cc3)cs2)C1. The third-order valence-electron chi connectivity index (χ3n) is 3.25. The summed E-state index contributed by atoms with van der Waals surface area (Å²) in [6, 6.07) is 6.18. The van der Waals surface area contributed by atoms with Crippen LogP contribution in [0.15, 0.2) is 29.6 Å². The number of thiazole rings is 1. The van der Waals surface area contributed by atoms with Crippen molar-refractivity contribution >= 4 is 17.4 Å². The van der Waals surface area contributed by atoms with E-state index in [1.807, 2.05) is 5.38 Å². The molecule has 0 radical (unpaired) electrons. The first kappa shape index (κ1) is 14.0. The third kappa shape index (κ3) is 3.20. The van der Waals surface area contributed by atoms with Crippen LogP contribution in [0.25, 0.3) is 11.3 Å². The molecule has 0 atom stereocenters. The van der Waals surface area contributed by atoms with Crippen molar-refractivity contribution in [2.45, 2.75) is 12.7 Å². The van der Waals surface area contributed by atoms with Crippen LogP contribution >= 0.6 is 11.3 Å². The van der Waals surface area contributed by atoms with E-state index in [1.54, 1.807) is 12.1 Å². The van der Waals surface area contributed by atoms with Gasteiger partial charge in [-0.15, -0.1) is 11.3 Å². The van der Waals surface area contributed by atoms with Crippen molar-refractivity contribution < 1.29 is 19.0 Å². The predicted molar refractivity (Wildman–Crippen MR) is 75.7 cm³/mol. The second-order valence-corrected chi connectivity index (χ2v) is 5.70. The number of hydrogen-bond donors (Lipinski definition) is 1. The molecule has 0 aliphatic carbocycles. The minimum Gasteiger partial charge on any atom is -0.465 e. The highest BCUT2D eigenvalue weighted by molar-refractivity contribution is 7.09. The predicted octanol–water partition coefficient (Wildman–Crippen LogP) is 2.83. The molecule has 1 aromatic heterocycles. The van der Waals surface area contributed by atoms with E-state index in [1.165, 1.54) is 28.4 Å². The Morgan fingerprint density at radius 1 is 1.43 bits per heavy atom. The number of benzene rings is 1. The number of nitrogens with zero attached hydrogens (tertiary/aromatic N) is 2. The van der Waals surface area contributed by atoms with Crippen LogP contribution < -0.4 is 0 Å². The zero-order chi connectivity index (χ0) is 14.8. The fourth-order valence-corrected chi connectivity index (χ4v) is 2.74. The summed E-state index contributed by atoms with van der Waals surface area (Å²) >= 11 is 1.47. The number of carbonyl (C=O) groups is 1. The Labute approximate surface area is 124 Å². The Bertz CT molecular complexity index is 638. The molecule has 2 aromatic rings. The standard InChI is InChI=1S/C14H13FN2O3S/c15-10-3-1-9(2-4-10)12-8-21-13(16-12)7-20-11-5-17(6-11)14(18)19/h1-4,8,11H,5-7H2,(H,18,19). The molecule has 1 saturated heterocycles. The van der Waals surface area contributed by atoms with Crippen LogP contribution in [0.3, 0.4) is 0 Å². The molecule has 1 aliphatic rings. The lowest BCUT2D eigenvalue weighted by molar-refractivity contribution is -0.0522. The molecular weight excluding hydrogens is 295 g/mol. The monoisotopic (exact) mass is 308 g/mol. The Balaban J connectivity index is 1.54.